The van der Waals surface area contributed by atoms with Crippen LogP contribution in [-0.2, 0) is 20.2 Å². The van der Waals surface area contributed by atoms with Gasteiger partial charge in [-0.1, -0.05) is 30.3 Å². The van der Waals surface area contributed by atoms with Gasteiger partial charge in [-0.05, 0) is 37.1 Å². The summed E-state index contributed by atoms with van der Waals surface area (Å²) in [6.45, 7) is -0.0481. The molecule has 0 radical (unpaired) electrons. The molecule has 0 spiro atoms. The second-order valence-electron chi connectivity index (χ2n) is 5.67. The van der Waals surface area contributed by atoms with Crippen LogP contribution in [0.5, 0.6) is 5.75 Å². The van der Waals surface area contributed by atoms with E-state index >= 15 is 0 Å². The highest BCUT2D eigenvalue weighted by atomic mass is 32.3. The van der Waals surface area contributed by atoms with Crippen LogP contribution in [0.3, 0.4) is 0 Å². The Kier molecular flexibility index (Phi) is 6.71. The van der Waals surface area contributed by atoms with Gasteiger partial charge in [0.15, 0.2) is 5.78 Å². The van der Waals surface area contributed by atoms with Crippen LogP contribution in [0.15, 0.2) is 54.6 Å². The zero-order valence-electron chi connectivity index (χ0n) is 14.1. The van der Waals surface area contributed by atoms with E-state index in [2.05, 4.69) is 0 Å². The number of hydrogen-bond acceptors (Lipinski definition) is 6. The number of carbonyl (C=O) groups excluding carboxylic acids is 1. The van der Waals surface area contributed by atoms with E-state index in [0.29, 0.717) is 16.9 Å². The molecule has 2 aromatic carbocycles. The van der Waals surface area contributed by atoms with Crippen molar-refractivity contribution >= 4 is 26.0 Å². The van der Waals surface area contributed by atoms with E-state index in [-0.39, 0.29) is 18.8 Å². The van der Waals surface area contributed by atoms with Crippen molar-refractivity contribution < 1.29 is 35.5 Å². The van der Waals surface area contributed by atoms with Crippen LogP contribution in [-0.4, -0.2) is 42.9 Å². The zero-order chi connectivity index (χ0) is 20.1. The molecule has 0 aliphatic carbocycles. The van der Waals surface area contributed by atoms with Gasteiger partial charge in [0.25, 0.3) is 20.2 Å². The van der Waals surface area contributed by atoms with Gasteiger partial charge in [0.2, 0.25) is 4.58 Å². The van der Waals surface area contributed by atoms with Crippen LogP contribution in [0.25, 0.3) is 0 Å². The quantitative estimate of drug-likeness (QED) is 0.362. The summed E-state index contributed by atoms with van der Waals surface area (Å²) >= 11 is 0. The van der Waals surface area contributed by atoms with Crippen molar-refractivity contribution in [3.63, 3.8) is 0 Å². The van der Waals surface area contributed by atoms with Gasteiger partial charge < -0.3 is 4.74 Å². The van der Waals surface area contributed by atoms with E-state index in [1.807, 2.05) is 6.07 Å². The van der Waals surface area contributed by atoms with Crippen LogP contribution in [0.1, 0.15) is 28.8 Å². The fourth-order valence-corrected chi connectivity index (χ4v) is 4.51. The monoisotopic (exact) mass is 414 g/mol. The predicted molar refractivity (Wildman–Crippen MR) is 97.9 cm³/mol. The first-order valence-electron chi connectivity index (χ1n) is 7.84. The molecule has 0 saturated carbocycles. The van der Waals surface area contributed by atoms with Crippen LogP contribution < -0.4 is 4.74 Å². The molecule has 0 fully saturated rings. The summed E-state index contributed by atoms with van der Waals surface area (Å²) in [6, 6.07) is 15.0. The fourth-order valence-electron chi connectivity index (χ4n) is 2.35. The van der Waals surface area contributed by atoms with Gasteiger partial charge in [-0.2, -0.15) is 16.8 Å². The number of carbonyl (C=O) groups is 1. The second-order valence-corrected chi connectivity index (χ2v) is 9.17. The maximum absolute atomic E-state index is 12.3. The first-order chi connectivity index (χ1) is 12.6. The molecule has 0 bridgehead atoms. The van der Waals surface area contributed by atoms with Crippen LogP contribution >= 0.6 is 0 Å². The highest BCUT2D eigenvalue weighted by Crippen LogP contribution is 2.17. The highest BCUT2D eigenvalue weighted by molar-refractivity contribution is 8.03. The molecule has 146 valence electrons. The number of ether oxygens (including phenoxy) is 1. The lowest BCUT2D eigenvalue weighted by Gasteiger charge is -2.11. The van der Waals surface area contributed by atoms with E-state index in [0.717, 1.165) is 0 Å². The summed E-state index contributed by atoms with van der Waals surface area (Å²) in [5.74, 6) is 0.251. The average molecular weight is 414 g/mol. The van der Waals surface area contributed by atoms with Crippen molar-refractivity contribution in [2.24, 2.45) is 0 Å². The third kappa shape index (κ3) is 6.14. The van der Waals surface area contributed by atoms with Gasteiger partial charge in [0, 0.05) is 11.1 Å². The van der Waals surface area contributed by atoms with E-state index < -0.39 is 31.2 Å². The average Bonchev–Trinajstić information content (AvgIpc) is 2.60. The molecule has 0 saturated heterocycles. The lowest BCUT2D eigenvalue weighted by molar-refractivity contribution is 0.103. The Balaban J connectivity index is 1.91. The summed E-state index contributed by atoms with van der Waals surface area (Å²) in [7, 11) is -9.88. The van der Waals surface area contributed by atoms with Gasteiger partial charge in [0.1, 0.15) is 5.75 Å². The molecule has 0 heterocycles. The highest BCUT2D eigenvalue weighted by Gasteiger charge is 2.34. The smallest absolute Gasteiger partial charge is 0.284 e. The number of hydrogen-bond donors (Lipinski definition) is 2. The topological polar surface area (TPSA) is 135 Å². The Morgan fingerprint density at radius 1 is 0.852 bits per heavy atom. The van der Waals surface area contributed by atoms with Crippen molar-refractivity contribution in [3.05, 3.63) is 65.7 Å². The molecular weight excluding hydrogens is 396 g/mol. The Hall–Kier alpha value is -2.27. The lowest BCUT2D eigenvalue weighted by Crippen LogP contribution is -2.30. The van der Waals surface area contributed by atoms with Crippen molar-refractivity contribution in [3.8, 4) is 5.75 Å². The summed E-state index contributed by atoms with van der Waals surface area (Å²) in [5.41, 5.74) is 1.01. The maximum Gasteiger partial charge on any atom is 0.284 e. The minimum absolute atomic E-state index is 0.0467. The zero-order valence-corrected chi connectivity index (χ0v) is 15.7. The van der Waals surface area contributed by atoms with E-state index in [1.165, 1.54) is 0 Å². The Morgan fingerprint density at radius 3 is 1.89 bits per heavy atom. The molecule has 27 heavy (non-hydrogen) atoms. The van der Waals surface area contributed by atoms with E-state index in [1.54, 1.807) is 48.5 Å². The first-order valence-corrected chi connectivity index (χ1v) is 10.8. The first kappa shape index (κ1) is 21.0. The van der Waals surface area contributed by atoms with Crippen molar-refractivity contribution in [2.75, 3.05) is 6.61 Å². The summed E-state index contributed by atoms with van der Waals surface area (Å²) in [6.07, 6.45) is -0.572. The standard InChI is InChI=1S/C17H18O8S2/c18-17(13-5-2-1-3-6-13)14-8-10-15(11-9-14)25-12-4-7-16(26(19,20)21)27(22,23)24/h1-3,5-6,8-11,16H,4,7,12H2,(H,19,20,21)(H,22,23,24). The molecule has 0 atom stereocenters. The third-order valence-corrected chi connectivity index (χ3v) is 6.93. The minimum atomic E-state index is -4.94. The van der Waals surface area contributed by atoms with Crippen molar-refractivity contribution in [1.82, 2.24) is 0 Å². The lowest BCUT2D eigenvalue weighted by atomic mass is 10.0. The molecule has 10 heteroatoms. The third-order valence-electron chi connectivity index (χ3n) is 3.67. The summed E-state index contributed by atoms with van der Waals surface area (Å²) in [4.78, 5) is 12.3. The molecule has 0 aliphatic rings. The number of rotatable bonds is 9. The second kappa shape index (κ2) is 8.61. The molecule has 0 unspecified atom stereocenters. The van der Waals surface area contributed by atoms with Gasteiger partial charge in [-0.3, -0.25) is 13.9 Å². The molecule has 2 aromatic rings. The molecule has 2 N–H and O–H groups in total. The van der Waals surface area contributed by atoms with Crippen LogP contribution in [0.4, 0.5) is 0 Å². The molecule has 2 rings (SSSR count). The predicted octanol–water partition coefficient (Wildman–Crippen LogP) is 2.18. The number of ketones is 1. The molecule has 0 aliphatic heterocycles. The van der Waals surface area contributed by atoms with Crippen LogP contribution in [0.2, 0.25) is 0 Å². The summed E-state index contributed by atoms with van der Waals surface area (Å²) in [5, 5.41) is 0. The summed E-state index contributed by atoms with van der Waals surface area (Å²) < 4.78 is 64.8. The Bertz CT molecular complexity index is 949. The maximum atomic E-state index is 12.3. The Morgan fingerprint density at radius 2 is 1.37 bits per heavy atom. The Labute approximate surface area is 157 Å². The van der Waals surface area contributed by atoms with Gasteiger partial charge in [-0.25, -0.2) is 0 Å². The fraction of sp³-hybridized carbons (Fsp3) is 0.235. The molecular formula is C17H18O8S2. The SMILES string of the molecule is O=C(c1ccccc1)c1ccc(OCCCC(S(=O)(=O)O)S(=O)(=O)O)cc1. The minimum Gasteiger partial charge on any atom is -0.494 e. The van der Waals surface area contributed by atoms with Crippen LogP contribution in [0, 0.1) is 0 Å². The molecule has 0 amide bonds. The normalized spacial score (nSPS) is 12.1. The van der Waals surface area contributed by atoms with Gasteiger partial charge >= 0.3 is 0 Å². The van der Waals surface area contributed by atoms with E-state index in [4.69, 9.17) is 13.8 Å². The van der Waals surface area contributed by atoms with Crippen molar-refractivity contribution in [2.45, 2.75) is 17.4 Å². The molecule has 0 aromatic heterocycles. The van der Waals surface area contributed by atoms with E-state index in [9.17, 15) is 21.6 Å². The number of benzene rings is 2. The van der Waals surface area contributed by atoms with Gasteiger partial charge in [0.05, 0.1) is 6.61 Å². The largest absolute Gasteiger partial charge is 0.494 e. The molecule has 8 nitrogen and oxygen atoms in total. The van der Waals surface area contributed by atoms with Crippen molar-refractivity contribution in [1.29, 1.82) is 0 Å². The van der Waals surface area contributed by atoms with Gasteiger partial charge in [-0.15, -0.1) is 0 Å².